The van der Waals surface area contributed by atoms with Gasteiger partial charge in [0.1, 0.15) is 0 Å². The molecule has 0 radical (unpaired) electrons. The van der Waals surface area contributed by atoms with E-state index in [1.54, 1.807) is 0 Å². The van der Waals surface area contributed by atoms with Crippen LogP contribution in [0.25, 0.3) is 0 Å². The van der Waals surface area contributed by atoms with Crippen LogP contribution in [0.5, 0.6) is 0 Å². The Bertz CT molecular complexity index is 135. The molecular formula is C13H29NO4. The number of hydrogen-bond donors (Lipinski definition) is 0. The zero-order chi connectivity index (χ0) is 13.6. The highest BCUT2D eigenvalue weighted by Crippen LogP contribution is 2.09. The minimum Gasteiger partial charge on any atom is -0.251 e. The van der Waals surface area contributed by atoms with Crippen LogP contribution >= 0.6 is 0 Å². The Kier molecular flexibility index (Phi) is 13.1. The van der Waals surface area contributed by atoms with Crippen LogP contribution in [0.1, 0.15) is 53.4 Å². The molecule has 5 nitrogen and oxygen atoms in total. The highest BCUT2D eigenvalue weighted by atomic mass is 17.3. The number of unbranched alkanes of at least 4 members (excludes halogenated alkanes) is 2. The molecular weight excluding hydrogens is 234 g/mol. The molecule has 0 aromatic heterocycles. The third kappa shape index (κ3) is 8.83. The molecule has 0 saturated heterocycles. The topological polar surface area (TPSA) is 40.2 Å². The van der Waals surface area contributed by atoms with E-state index >= 15 is 0 Å². The van der Waals surface area contributed by atoms with Crippen molar-refractivity contribution in [2.45, 2.75) is 59.8 Å². The lowest BCUT2D eigenvalue weighted by molar-refractivity contribution is -0.491. The largest absolute Gasteiger partial charge is 0.279 e. The zero-order valence-corrected chi connectivity index (χ0v) is 12.3. The van der Waals surface area contributed by atoms with Crippen molar-refractivity contribution in [2.75, 3.05) is 26.3 Å². The van der Waals surface area contributed by atoms with E-state index < -0.39 is 6.41 Å². The van der Waals surface area contributed by atoms with Gasteiger partial charge in [-0.2, -0.15) is 9.78 Å². The first-order valence-electron chi connectivity index (χ1n) is 7.10. The first-order valence-corrected chi connectivity index (χ1v) is 7.10. The van der Waals surface area contributed by atoms with Gasteiger partial charge < -0.3 is 0 Å². The van der Waals surface area contributed by atoms with E-state index in [2.05, 4.69) is 18.7 Å². The maximum absolute atomic E-state index is 5.23. The second-order valence-electron chi connectivity index (χ2n) is 4.06. The van der Waals surface area contributed by atoms with Gasteiger partial charge in [0.25, 0.3) is 6.41 Å². The van der Waals surface area contributed by atoms with E-state index in [0.717, 1.165) is 38.8 Å². The predicted octanol–water partition coefficient (Wildman–Crippen LogP) is 3.11. The highest BCUT2D eigenvalue weighted by molar-refractivity contribution is 4.55. The lowest BCUT2D eigenvalue weighted by atomic mass is 10.3. The lowest BCUT2D eigenvalue weighted by Gasteiger charge is -2.28. The summed E-state index contributed by atoms with van der Waals surface area (Å²) in [5.41, 5.74) is 0. The molecule has 0 N–H and O–H groups in total. The Morgan fingerprint density at radius 1 is 0.778 bits per heavy atom. The Balaban J connectivity index is 4.27. The summed E-state index contributed by atoms with van der Waals surface area (Å²) in [6.45, 7) is 10.9. The smallest absolute Gasteiger partial charge is 0.251 e. The van der Waals surface area contributed by atoms with Crippen LogP contribution in [-0.2, 0) is 19.6 Å². The lowest BCUT2D eigenvalue weighted by Crippen LogP contribution is -2.41. The molecule has 0 aliphatic rings. The van der Waals surface area contributed by atoms with E-state index in [4.69, 9.17) is 19.6 Å². The molecule has 0 aliphatic heterocycles. The monoisotopic (exact) mass is 263 g/mol. The molecule has 0 atom stereocenters. The molecule has 0 aromatic carbocycles. The third-order valence-electron chi connectivity index (χ3n) is 2.43. The standard InChI is InChI=1S/C13H29NO4/c1-5-9-11-14(12-10-6-2)13(17-15-7-3)18-16-8-4/h13H,5-12H2,1-4H3. The molecule has 0 aromatic rings. The first kappa shape index (κ1) is 17.8. The van der Waals surface area contributed by atoms with Gasteiger partial charge in [0.2, 0.25) is 0 Å². The van der Waals surface area contributed by atoms with Crippen molar-refractivity contribution >= 4 is 0 Å². The second-order valence-corrected chi connectivity index (χ2v) is 4.06. The van der Waals surface area contributed by atoms with E-state index in [1.807, 2.05) is 13.8 Å². The van der Waals surface area contributed by atoms with Crippen LogP contribution in [0, 0.1) is 0 Å². The third-order valence-corrected chi connectivity index (χ3v) is 2.43. The Hall–Kier alpha value is -0.200. The van der Waals surface area contributed by atoms with Gasteiger partial charge in [0.15, 0.2) is 0 Å². The predicted molar refractivity (Wildman–Crippen MR) is 70.6 cm³/mol. The molecule has 5 heteroatoms. The van der Waals surface area contributed by atoms with E-state index in [9.17, 15) is 0 Å². The summed E-state index contributed by atoms with van der Waals surface area (Å²) in [5.74, 6) is 0. The molecule has 0 spiro atoms. The molecule has 0 bridgehead atoms. The number of hydrogen-bond acceptors (Lipinski definition) is 5. The summed E-state index contributed by atoms with van der Waals surface area (Å²) in [7, 11) is 0. The fraction of sp³-hybridized carbons (Fsp3) is 1.00. The quantitative estimate of drug-likeness (QED) is 0.290. The molecule has 0 unspecified atom stereocenters. The molecule has 0 rings (SSSR count). The fourth-order valence-corrected chi connectivity index (χ4v) is 1.44. The maximum atomic E-state index is 5.23. The number of nitrogens with zero attached hydrogens (tertiary/aromatic N) is 1. The summed E-state index contributed by atoms with van der Waals surface area (Å²) < 4.78 is 0. The van der Waals surface area contributed by atoms with Gasteiger partial charge >= 0.3 is 0 Å². The maximum Gasteiger partial charge on any atom is 0.279 e. The van der Waals surface area contributed by atoms with Gasteiger partial charge in [-0.15, -0.1) is 0 Å². The van der Waals surface area contributed by atoms with Gasteiger partial charge in [-0.05, 0) is 26.7 Å². The molecule has 0 fully saturated rings. The summed E-state index contributed by atoms with van der Waals surface area (Å²) in [6.07, 6.45) is 3.90. The molecule has 110 valence electrons. The van der Waals surface area contributed by atoms with E-state index in [1.165, 1.54) is 0 Å². The Labute approximate surface area is 111 Å². The van der Waals surface area contributed by atoms with Crippen molar-refractivity contribution in [1.82, 2.24) is 4.90 Å². The second kappa shape index (κ2) is 13.2. The minimum atomic E-state index is -0.581. The minimum absolute atomic E-state index is 0.487. The summed E-state index contributed by atoms with van der Waals surface area (Å²) in [6, 6.07) is 0. The SMILES string of the molecule is CCCCN(CCCC)C(OOCC)OOCC. The Morgan fingerprint density at radius 3 is 1.56 bits per heavy atom. The first-order chi connectivity index (χ1) is 8.79. The molecule has 0 amide bonds. The van der Waals surface area contributed by atoms with Gasteiger partial charge in [0.05, 0.1) is 13.2 Å². The van der Waals surface area contributed by atoms with Crippen LogP contribution in [0.4, 0.5) is 0 Å². The normalized spacial score (nSPS) is 11.7. The summed E-state index contributed by atoms with van der Waals surface area (Å²) >= 11 is 0. The van der Waals surface area contributed by atoms with Gasteiger partial charge in [0, 0.05) is 13.1 Å². The van der Waals surface area contributed by atoms with Crippen molar-refractivity contribution in [3.05, 3.63) is 0 Å². The fourth-order valence-electron chi connectivity index (χ4n) is 1.44. The van der Waals surface area contributed by atoms with Crippen LogP contribution in [-0.4, -0.2) is 37.6 Å². The van der Waals surface area contributed by atoms with Gasteiger partial charge in [-0.3, -0.25) is 4.90 Å². The van der Waals surface area contributed by atoms with Gasteiger partial charge in [-0.1, -0.05) is 26.7 Å². The average Bonchev–Trinajstić information content (AvgIpc) is 2.40. The molecule has 0 aliphatic carbocycles. The van der Waals surface area contributed by atoms with Crippen molar-refractivity contribution in [2.24, 2.45) is 0 Å². The van der Waals surface area contributed by atoms with E-state index in [-0.39, 0.29) is 0 Å². The van der Waals surface area contributed by atoms with Crippen molar-refractivity contribution in [3.63, 3.8) is 0 Å². The van der Waals surface area contributed by atoms with Crippen molar-refractivity contribution in [3.8, 4) is 0 Å². The van der Waals surface area contributed by atoms with Crippen LogP contribution in [0.15, 0.2) is 0 Å². The average molecular weight is 263 g/mol. The summed E-state index contributed by atoms with van der Waals surface area (Å²) in [5, 5.41) is 0. The summed E-state index contributed by atoms with van der Waals surface area (Å²) in [4.78, 5) is 22.5. The molecule has 0 saturated carbocycles. The molecule has 18 heavy (non-hydrogen) atoms. The Morgan fingerprint density at radius 2 is 1.22 bits per heavy atom. The van der Waals surface area contributed by atoms with Crippen LogP contribution in [0.3, 0.4) is 0 Å². The van der Waals surface area contributed by atoms with Crippen LogP contribution in [0.2, 0.25) is 0 Å². The number of rotatable bonds is 13. The highest BCUT2D eigenvalue weighted by Gasteiger charge is 2.21. The van der Waals surface area contributed by atoms with Crippen molar-refractivity contribution < 1.29 is 19.6 Å². The van der Waals surface area contributed by atoms with Crippen LogP contribution < -0.4 is 0 Å². The van der Waals surface area contributed by atoms with Gasteiger partial charge in [-0.25, -0.2) is 9.78 Å². The molecule has 0 heterocycles. The zero-order valence-electron chi connectivity index (χ0n) is 12.3. The van der Waals surface area contributed by atoms with Crippen molar-refractivity contribution in [1.29, 1.82) is 0 Å². The van der Waals surface area contributed by atoms with E-state index in [0.29, 0.717) is 13.2 Å².